The van der Waals surface area contributed by atoms with Gasteiger partial charge < -0.3 is 30.5 Å². The number of hydrogen-bond acceptors (Lipinski definition) is 5. The second kappa shape index (κ2) is 4.88. The van der Waals surface area contributed by atoms with Gasteiger partial charge in [0.1, 0.15) is 12.3 Å². The standard InChI is InChI=1S/C7H16NO6P/c8-7-6(10)5(9)3-4(14-7)1-2-15(11,12)13/h4-7,9-10H,1-3,8H2,(H2,11,12,13). The Morgan fingerprint density at radius 2 is 2.00 bits per heavy atom. The highest BCUT2D eigenvalue weighted by atomic mass is 31.2. The van der Waals surface area contributed by atoms with Gasteiger partial charge in [0.15, 0.2) is 0 Å². The van der Waals surface area contributed by atoms with Crippen molar-refractivity contribution in [3.63, 3.8) is 0 Å². The van der Waals surface area contributed by atoms with Gasteiger partial charge in [-0.2, -0.15) is 0 Å². The Bertz CT molecular complexity index is 244. The molecule has 0 radical (unpaired) electrons. The fourth-order valence-corrected chi connectivity index (χ4v) is 2.11. The molecule has 4 unspecified atom stereocenters. The van der Waals surface area contributed by atoms with Crippen LogP contribution in [0.25, 0.3) is 0 Å². The van der Waals surface area contributed by atoms with Crippen LogP contribution in [0.1, 0.15) is 12.8 Å². The van der Waals surface area contributed by atoms with Crippen molar-refractivity contribution in [3.05, 3.63) is 0 Å². The maximum Gasteiger partial charge on any atom is 0.325 e. The molecule has 0 aliphatic carbocycles. The summed E-state index contributed by atoms with van der Waals surface area (Å²) in [5.74, 6) is 0. The lowest BCUT2D eigenvalue weighted by atomic mass is 10.0. The SMILES string of the molecule is NC1OC(CCP(=O)(O)O)CC(O)C1O. The molecule has 0 bridgehead atoms. The molecule has 90 valence electrons. The van der Waals surface area contributed by atoms with Crippen molar-refractivity contribution < 1.29 is 29.3 Å². The van der Waals surface area contributed by atoms with Crippen molar-refractivity contribution in [2.75, 3.05) is 6.16 Å². The van der Waals surface area contributed by atoms with Crippen molar-refractivity contribution in [2.45, 2.75) is 37.4 Å². The smallest absolute Gasteiger partial charge is 0.325 e. The summed E-state index contributed by atoms with van der Waals surface area (Å²) >= 11 is 0. The average molecular weight is 241 g/mol. The van der Waals surface area contributed by atoms with Crippen LogP contribution in [0.15, 0.2) is 0 Å². The third-order valence-corrected chi connectivity index (χ3v) is 3.17. The molecule has 1 saturated heterocycles. The summed E-state index contributed by atoms with van der Waals surface area (Å²) in [7, 11) is -4.05. The van der Waals surface area contributed by atoms with Gasteiger partial charge in [-0.25, -0.2) is 0 Å². The first-order valence-electron chi connectivity index (χ1n) is 4.61. The minimum absolute atomic E-state index is 0.113. The van der Waals surface area contributed by atoms with E-state index in [2.05, 4.69) is 0 Å². The molecule has 1 heterocycles. The van der Waals surface area contributed by atoms with Crippen LogP contribution in [0.2, 0.25) is 0 Å². The van der Waals surface area contributed by atoms with Gasteiger partial charge in [-0.05, 0) is 6.42 Å². The van der Waals surface area contributed by atoms with Crippen LogP contribution >= 0.6 is 7.60 Å². The monoisotopic (exact) mass is 241 g/mol. The summed E-state index contributed by atoms with van der Waals surface area (Å²) in [5, 5.41) is 18.6. The van der Waals surface area contributed by atoms with Gasteiger partial charge >= 0.3 is 7.60 Å². The number of aliphatic hydroxyl groups excluding tert-OH is 2. The molecule has 1 aliphatic heterocycles. The molecule has 0 amide bonds. The summed E-state index contributed by atoms with van der Waals surface area (Å²) in [6.45, 7) is 0. The molecule has 1 rings (SSSR count). The Morgan fingerprint density at radius 1 is 1.40 bits per heavy atom. The number of hydrogen-bond donors (Lipinski definition) is 5. The molecule has 0 aromatic carbocycles. The van der Waals surface area contributed by atoms with Crippen LogP contribution in [0.4, 0.5) is 0 Å². The van der Waals surface area contributed by atoms with E-state index >= 15 is 0 Å². The highest BCUT2D eigenvalue weighted by Gasteiger charge is 2.35. The average Bonchev–Trinajstić information content (AvgIpc) is 2.09. The van der Waals surface area contributed by atoms with Crippen LogP contribution in [0.5, 0.6) is 0 Å². The summed E-state index contributed by atoms with van der Waals surface area (Å²) < 4.78 is 15.7. The predicted octanol–water partition coefficient (Wildman–Crippen LogP) is -1.65. The maximum atomic E-state index is 10.6. The van der Waals surface area contributed by atoms with Crippen molar-refractivity contribution in [1.29, 1.82) is 0 Å². The largest absolute Gasteiger partial charge is 0.390 e. The first-order chi connectivity index (χ1) is 6.79. The molecule has 1 fully saturated rings. The normalized spacial score (nSPS) is 37.9. The van der Waals surface area contributed by atoms with Gasteiger partial charge in [0.25, 0.3) is 0 Å². The summed E-state index contributed by atoms with van der Waals surface area (Å²) in [5.41, 5.74) is 5.37. The first-order valence-corrected chi connectivity index (χ1v) is 6.41. The van der Waals surface area contributed by atoms with Gasteiger partial charge in [-0.3, -0.25) is 4.57 Å². The number of rotatable bonds is 3. The lowest BCUT2D eigenvalue weighted by molar-refractivity contribution is -0.166. The molecular weight excluding hydrogens is 225 g/mol. The second-order valence-electron chi connectivity index (χ2n) is 3.69. The van der Waals surface area contributed by atoms with Crippen LogP contribution in [-0.4, -0.2) is 50.7 Å². The molecule has 8 heteroatoms. The summed E-state index contributed by atoms with van der Waals surface area (Å²) in [6.07, 6.45) is -3.74. The number of aliphatic hydroxyl groups is 2. The highest BCUT2D eigenvalue weighted by Crippen LogP contribution is 2.36. The van der Waals surface area contributed by atoms with Crippen LogP contribution in [-0.2, 0) is 9.30 Å². The van der Waals surface area contributed by atoms with Gasteiger partial charge in [0.2, 0.25) is 0 Å². The highest BCUT2D eigenvalue weighted by molar-refractivity contribution is 7.51. The fraction of sp³-hybridized carbons (Fsp3) is 1.00. The third-order valence-electron chi connectivity index (χ3n) is 2.33. The Kier molecular flexibility index (Phi) is 4.25. The van der Waals surface area contributed by atoms with Gasteiger partial charge in [0.05, 0.1) is 18.4 Å². The van der Waals surface area contributed by atoms with E-state index in [-0.39, 0.29) is 19.0 Å². The Morgan fingerprint density at radius 3 is 2.47 bits per heavy atom. The van der Waals surface area contributed by atoms with Crippen molar-refractivity contribution >= 4 is 7.60 Å². The lowest BCUT2D eigenvalue weighted by Gasteiger charge is -2.35. The number of nitrogens with two attached hydrogens (primary N) is 1. The first kappa shape index (κ1) is 13.1. The topological polar surface area (TPSA) is 133 Å². The summed E-state index contributed by atoms with van der Waals surface area (Å²) in [4.78, 5) is 17.3. The lowest BCUT2D eigenvalue weighted by Crippen LogP contribution is -2.52. The second-order valence-corrected chi connectivity index (χ2v) is 5.47. The van der Waals surface area contributed by atoms with E-state index < -0.39 is 32.1 Å². The van der Waals surface area contributed by atoms with E-state index in [4.69, 9.17) is 20.3 Å². The zero-order valence-electron chi connectivity index (χ0n) is 8.06. The molecule has 0 aromatic rings. The zero-order chi connectivity index (χ0) is 11.6. The minimum Gasteiger partial charge on any atom is -0.390 e. The van der Waals surface area contributed by atoms with Gasteiger partial charge in [0, 0.05) is 6.42 Å². The van der Waals surface area contributed by atoms with E-state index in [9.17, 15) is 14.8 Å². The van der Waals surface area contributed by atoms with Crippen molar-refractivity contribution in [2.24, 2.45) is 5.73 Å². The molecule has 0 spiro atoms. The van der Waals surface area contributed by atoms with Crippen LogP contribution in [0.3, 0.4) is 0 Å². The molecule has 7 nitrogen and oxygen atoms in total. The van der Waals surface area contributed by atoms with E-state index in [0.29, 0.717) is 0 Å². The Balaban J connectivity index is 2.42. The zero-order valence-corrected chi connectivity index (χ0v) is 8.96. The van der Waals surface area contributed by atoms with Crippen molar-refractivity contribution in [1.82, 2.24) is 0 Å². The summed E-state index contributed by atoms with van der Waals surface area (Å²) in [6, 6.07) is 0. The third kappa shape index (κ3) is 4.16. The molecule has 6 N–H and O–H groups in total. The Hall–Kier alpha value is -0.0100. The van der Waals surface area contributed by atoms with Crippen LogP contribution in [0, 0.1) is 0 Å². The molecule has 4 atom stereocenters. The fourth-order valence-electron chi connectivity index (χ4n) is 1.48. The molecule has 1 aliphatic rings. The van der Waals surface area contributed by atoms with Gasteiger partial charge in [-0.1, -0.05) is 0 Å². The predicted molar refractivity (Wildman–Crippen MR) is 51.0 cm³/mol. The molecule has 0 saturated carbocycles. The maximum absolute atomic E-state index is 10.6. The van der Waals surface area contributed by atoms with Crippen LogP contribution < -0.4 is 5.73 Å². The van der Waals surface area contributed by atoms with E-state index in [1.807, 2.05) is 0 Å². The Labute approximate surface area is 87.0 Å². The minimum atomic E-state index is -4.05. The molecular formula is C7H16NO6P. The van der Waals surface area contributed by atoms with E-state index in [0.717, 1.165) is 0 Å². The van der Waals surface area contributed by atoms with E-state index in [1.54, 1.807) is 0 Å². The number of ether oxygens (including phenoxy) is 1. The molecule has 15 heavy (non-hydrogen) atoms. The quantitative estimate of drug-likeness (QED) is 0.374. The molecule has 0 aromatic heterocycles. The van der Waals surface area contributed by atoms with Gasteiger partial charge in [-0.15, -0.1) is 0 Å². The van der Waals surface area contributed by atoms with Crippen molar-refractivity contribution in [3.8, 4) is 0 Å². The van der Waals surface area contributed by atoms with E-state index in [1.165, 1.54) is 0 Å².